The predicted molar refractivity (Wildman–Crippen MR) is 97.2 cm³/mol. The van der Waals surface area contributed by atoms with Crippen molar-refractivity contribution in [3.63, 3.8) is 0 Å². The summed E-state index contributed by atoms with van der Waals surface area (Å²) in [5, 5.41) is 6.69. The van der Waals surface area contributed by atoms with Crippen LogP contribution in [0.1, 0.15) is 48.8 Å². The molecule has 0 spiro atoms. The van der Waals surface area contributed by atoms with Crippen molar-refractivity contribution >= 4 is 18.3 Å². The molecule has 1 saturated carbocycles. The highest BCUT2D eigenvalue weighted by molar-refractivity contribution is 5.85. The molecule has 1 aliphatic carbocycles. The van der Waals surface area contributed by atoms with Gasteiger partial charge in [0.25, 0.3) is 0 Å². The topological polar surface area (TPSA) is 41.1 Å². The molecular weight excluding hydrogens is 308 g/mol. The van der Waals surface area contributed by atoms with E-state index in [1.807, 2.05) is 0 Å². The van der Waals surface area contributed by atoms with E-state index >= 15 is 0 Å². The number of carbonyl (C=O) groups is 1. The quantitative estimate of drug-likeness (QED) is 0.885. The minimum Gasteiger partial charge on any atom is -0.354 e. The highest BCUT2D eigenvalue weighted by Gasteiger charge is 2.37. The number of fused-ring (bicyclic) bond motifs is 1. The number of carbonyl (C=O) groups excluding carboxylic acids is 1. The Balaban J connectivity index is 0.00000192. The third kappa shape index (κ3) is 4.27. The number of amides is 1. The number of nitrogens with one attached hydrogen (secondary N) is 2. The minimum absolute atomic E-state index is 0. The van der Waals surface area contributed by atoms with Gasteiger partial charge in [0.1, 0.15) is 0 Å². The summed E-state index contributed by atoms with van der Waals surface area (Å²) in [6.45, 7) is 5.03. The Bertz CT molecular complexity index is 512. The fourth-order valence-corrected chi connectivity index (χ4v) is 4.20. The zero-order valence-electron chi connectivity index (χ0n) is 14.2. The van der Waals surface area contributed by atoms with E-state index in [2.05, 4.69) is 42.7 Å². The van der Waals surface area contributed by atoms with Crippen LogP contribution in [-0.4, -0.2) is 24.5 Å². The molecule has 2 N–H and O–H groups in total. The molecule has 1 aromatic carbocycles. The number of rotatable bonds is 4. The minimum atomic E-state index is 0. The first-order chi connectivity index (χ1) is 10.6. The highest BCUT2D eigenvalue weighted by atomic mass is 35.5. The molecule has 0 bridgehead atoms. The van der Waals surface area contributed by atoms with E-state index in [4.69, 9.17) is 0 Å². The number of aryl methyl sites for hydroxylation is 2. The molecule has 0 radical (unpaired) electrons. The van der Waals surface area contributed by atoms with Crippen LogP contribution in [0.15, 0.2) is 18.2 Å². The average Bonchev–Trinajstić information content (AvgIpc) is 2.94. The monoisotopic (exact) mass is 336 g/mol. The summed E-state index contributed by atoms with van der Waals surface area (Å²) in [5.74, 6) is 0.920. The van der Waals surface area contributed by atoms with Gasteiger partial charge in [0.05, 0.1) is 6.04 Å². The maximum absolute atomic E-state index is 12.4. The van der Waals surface area contributed by atoms with Crippen molar-refractivity contribution in [2.24, 2.45) is 5.92 Å². The smallest absolute Gasteiger partial charge is 0.237 e. The molecule has 128 valence electrons. The van der Waals surface area contributed by atoms with E-state index < -0.39 is 0 Å². The van der Waals surface area contributed by atoms with Gasteiger partial charge < -0.3 is 10.6 Å². The second-order valence-corrected chi connectivity index (χ2v) is 7.02. The number of benzene rings is 1. The Kier molecular flexibility index (Phi) is 6.49. The number of halogens is 1. The Hall–Kier alpha value is -1.06. The fraction of sp³-hybridized carbons (Fsp3) is 0.632. The van der Waals surface area contributed by atoms with E-state index in [0.29, 0.717) is 6.04 Å². The summed E-state index contributed by atoms with van der Waals surface area (Å²) < 4.78 is 0. The van der Waals surface area contributed by atoms with Crippen LogP contribution >= 0.6 is 12.4 Å². The van der Waals surface area contributed by atoms with Crippen LogP contribution in [0.2, 0.25) is 0 Å². The first kappa shape index (κ1) is 18.3. The third-order valence-corrected chi connectivity index (χ3v) is 5.50. The van der Waals surface area contributed by atoms with Gasteiger partial charge >= 0.3 is 0 Å². The molecule has 3 nitrogen and oxygen atoms in total. The molecule has 1 aliphatic heterocycles. The predicted octanol–water partition coefficient (Wildman–Crippen LogP) is 3.30. The molecule has 3 unspecified atom stereocenters. The fourth-order valence-electron chi connectivity index (χ4n) is 4.20. The largest absolute Gasteiger partial charge is 0.354 e. The van der Waals surface area contributed by atoms with Crippen LogP contribution in [0.3, 0.4) is 0 Å². The molecular formula is C19H29ClN2O. The Labute approximate surface area is 146 Å². The molecule has 2 aliphatic rings. The van der Waals surface area contributed by atoms with E-state index in [9.17, 15) is 4.79 Å². The van der Waals surface area contributed by atoms with Gasteiger partial charge in [-0.05, 0) is 62.1 Å². The van der Waals surface area contributed by atoms with Crippen molar-refractivity contribution < 1.29 is 4.79 Å². The summed E-state index contributed by atoms with van der Waals surface area (Å²) in [7, 11) is 0. The van der Waals surface area contributed by atoms with Crippen LogP contribution < -0.4 is 10.6 Å². The van der Waals surface area contributed by atoms with E-state index in [1.165, 1.54) is 42.4 Å². The van der Waals surface area contributed by atoms with Crippen molar-refractivity contribution in [1.29, 1.82) is 0 Å². The van der Waals surface area contributed by atoms with Crippen LogP contribution in [0.4, 0.5) is 0 Å². The summed E-state index contributed by atoms with van der Waals surface area (Å²) >= 11 is 0. The van der Waals surface area contributed by atoms with Crippen molar-refractivity contribution in [2.75, 3.05) is 6.54 Å². The molecule has 1 amide bonds. The molecule has 1 aromatic rings. The normalized spacial score (nSPS) is 26.3. The molecule has 3 rings (SSSR count). The molecule has 1 saturated heterocycles. The highest BCUT2D eigenvalue weighted by Crippen LogP contribution is 2.33. The SMILES string of the molecule is Cc1cccc(C)c1CCNC(=O)C1CC2CCCCC2N1.Cl. The van der Waals surface area contributed by atoms with Crippen molar-refractivity contribution in [2.45, 2.75) is 64.5 Å². The number of hydrogen-bond donors (Lipinski definition) is 2. The maximum Gasteiger partial charge on any atom is 0.237 e. The van der Waals surface area contributed by atoms with Gasteiger partial charge in [-0.2, -0.15) is 0 Å². The summed E-state index contributed by atoms with van der Waals surface area (Å²) in [6, 6.07) is 7.01. The summed E-state index contributed by atoms with van der Waals surface area (Å²) in [5.41, 5.74) is 4.01. The van der Waals surface area contributed by atoms with Gasteiger partial charge in [0.2, 0.25) is 5.91 Å². The lowest BCUT2D eigenvalue weighted by atomic mass is 9.85. The lowest BCUT2D eigenvalue weighted by molar-refractivity contribution is -0.122. The second-order valence-electron chi connectivity index (χ2n) is 7.02. The first-order valence-electron chi connectivity index (χ1n) is 8.74. The van der Waals surface area contributed by atoms with Gasteiger partial charge in [-0.15, -0.1) is 12.4 Å². The van der Waals surface area contributed by atoms with Gasteiger partial charge in [0, 0.05) is 12.6 Å². The summed E-state index contributed by atoms with van der Waals surface area (Å²) in [6.07, 6.45) is 7.14. The van der Waals surface area contributed by atoms with Crippen LogP contribution in [0.25, 0.3) is 0 Å². The van der Waals surface area contributed by atoms with E-state index in [0.717, 1.165) is 25.3 Å². The Morgan fingerprint density at radius 3 is 2.61 bits per heavy atom. The molecule has 1 heterocycles. The lowest BCUT2D eigenvalue weighted by Crippen LogP contribution is -2.43. The van der Waals surface area contributed by atoms with Crippen LogP contribution in [-0.2, 0) is 11.2 Å². The van der Waals surface area contributed by atoms with Crippen LogP contribution in [0.5, 0.6) is 0 Å². The summed E-state index contributed by atoms with van der Waals surface area (Å²) in [4.78, 5) is 12.4. The van der Waals surface area contributed by atoms with Gasteiger partial charge in [-0.3, -0.25) is 4.79 Å². The van der Waals surface area contributed by atoms with Crippen LogP contribution in [0, 0.1) is 19.8 Å². The van der Waals surface area contributed by atoms with Crippen molar-refractivity contribution in [3.05, 3.63) is 34.9 Å². The van der Waals surface area contributed by atoms with Gasteiger partial charge in [0.15, 0.2) is 0 Å². The Morgan fingerprint density at radius 2 is 1.91 bits per heavy atom. The molecule has 23 heavy (non-hydrogen) atoms. The molecule has 3 atom stereocenters. The van der Waals surface area contributed by atoms with Gasteiger partial charge in [-0.25, -0.2) is 0 Å². The van der Waals surface area contributed by atoms with E-state index in [1.54, 1.807) is 0 Å². The van der Waals surface area contributed by atoms with E-state index in [-0.39, 0.29) is 24.4 Å². The molecule has 2 fully saturated rings. The maximum atomic E-state index is 12.4. The van der Waals surface area contributed by atoms with Gasteiger partial charge in [-0.1, -0.05) is 31.0 Å². The van der Waals surface area contributed by atoms with Crippen molar-refractivity contribution in [1.82, 2.24) is 10.6 Å². The average molecular weight is 337 g/mol. The molecule has 0 aromatic heterocycles. The number of hydrogen-bond acceptors (Lipinski definition) is 2. The Morgan fingerprint density at radius 1 is 1.22 bits per heavy atom. The molecule has 4 heteroatoms. The first-order valence-corrected chi connectivity index (χ1v) is 8.74. The third-order valence-electron chi connectivity index (χ3n) is 5.50. The zero-order valence-corrected chi connectivity index (χ0v) is 15.0. The zero-order chi connectivity index (χ0) is 15.5. The van der Waals surface area contributed by atoms with Crippen molar-refractivity contribution in [3.8, 4) is 0 Å². The second kappa shape index (κ2) is 8.16. The lowest BCUT2D eigenvalue weighted by Gasteiger charge is -2.24. The standard InChI is InChI=1S/C19H28N2O.ClH/c1-13-6-5-7-14(2)16(13)10-11-20-19(22)18-12-15-8-3-4-9-17(15)21-18;/h5-7,15,17-18,21H,3-4,8-12H2,1-2H3,(H,20,22);1H.